The van der Waals surface area contributed by atoms with Crippen LogP contribution >= 0.6 is 11.6 Å². The molecule has 0 bridgehead atoms. The van der Waals surface area contributed by atoms with Crippen LogP contribution in [0, 0.1) is 5.92 Å². The van der Waals surface area contributed by atoms with Crippen molar-refractivity contribution in [2.45, 2.75) is 31.6 Å². The number of hydrogen-bond acceptors (Lipinski definition) is 3. The Balaban J connectivity index is 2.96. The summed E-state index contributed by atoms with van der Waals surface area (Å²) >= 11 is 5.71. The van der Waals surface area contributed by atoms with Crippen molar-refractivity contribution in [3.8, 4) is 0 Å². The normalized spacial score (nSPS) is 11.8. The van der Waals surface area contributed by atoms with Crippen molar-refractivity contribution in [2.75, 3.05) is 5.75 Å². The monoisotopic (exact) mass is 304 g/mol. The zero-order valence-electron chi connectivity index (χ0n) is 10.9. The number of sulfone groups is 1. The zero-order valence-corrected chi connectivity index (χ0v) is 12.5. The van der Waals surface area contributed by atoms with E-state index in [2.05, 4.69) is 0 Å². The van der Waals surface area contributed by atoms with Gasteiger partial charge in [-0.25, -0.2) is 13.2 Å². The highest BCUT2D eigenvalue weighted by atomic mass is 35.5. The second-order valence-corrected chi connectivity index (χ2v) is 7.32. The van der Waals surface area contributed by atoms with Gasteiger partial charge in [0.15, 0.2) is 9.84 Å². The number of rotatable bonds is 6. The molecule has 106 valence electrons. The maximum atomic E-state index is 12.1. The summed E-state index contributed by atoms with van der Waals surface area (Å²) in [5.41, 5.74) is -0.188. The van der Waals surface area contributed by atoms with Crippen molar-refractivity contribution in [2.24, 2.45) is 5.92 Å². The molecule has 1 rings (SSSR count). The van der Waals surface area contributed by atoms with E-state index in [0.29, 0.717) is 12.3 Å². The minimum Gasteiger partial charge on any atom is -0.478 e. The van der Waals surface area contributed by atoms with Crippen LogP contribution in [0.2, 0.25) is 5.02 Å². The molecule has 0 aromatic heterocycles. The fourth-order valence-corrected chi connectivity index (χ4v) is 3.21. The number of carboxylic acid groups (broad SMARTS) is 1. The first kappa shape index (κ1) is 16.0. The molecule has 0 aliphatic rings. The summed E-state index contributed by atoms with van der Waals surface area (Å²) in [4.78, 5) is 10.9. The summed E-state index contributed by atoms with van der Waals surface area (Å²) in [6, 6.07) is 3.77. The Bertz CT molecular complexity index is 564. The van der Waals surface area contributed by atoms with Gasteiger partial charge in [-0.3, -0.25) is 0 Å². The number of benzene rings is 1. The van der Waals surface area contributed by atoms with Crippen LogP contribution in [0.3, 0.4) is 0 Å². The quantitative estimate of drug-likeness (QED) is 0.875. The molecule has 0 saturated carbocycles. The molecular weight excluding hydrogens is 288 g/mol. The average molecular weight is 305 g/mol. The molecule has 0 saturated heterocycles. The molecule has 0 aliphatic carbocycles. The Morgan fingerprint density at radius 1 is 1.37 bits per heavy atom. The number of hydrogen-bond donors (Lipinski definition) is 1. The summed E-state index contributed by atoms with van der Waals surface area (Å²) in [5.74, 6) is -0.773. The molecule has 19 heavy (non-hydrogen) atoms. The molecular formula is C13H17ClO4S. The van der Waals surface area contributed by atoms with Gasteiger partial charge in [-0.2, -0.15) is 0 Å². The van der Waals surface area contributed by atoms with Crippen molar-refractivity contribution < 1.29 is 18.3 Å². The van der Waals surface area contributed by atoms with E-state index in [-0.39, 0.29) is 21.2 Å². The van der Waals surface area contributed by atoms with Gasteiger partial charge in [0.2, 0.25) is 0 Å². The molecule has 1 aromatic rings. The van der Waals surface area contributed by atoms with Gasteiger partial charge in [0.05, 0.1) is 21.2 Å². The number of carboxylic acids is 1. The topological polar surface area (TPSA) is 71.4 Å². The first-order valence-electron chi connectivity index (χ1n) is 5.99. The first-order valence-corrected chi connectivity index (χ1v) is 8.02. The van der Waals surface area contributed by atoms with E-state index in [0.717, 1.165) is 12.5 Å². The molecule has 0 aliphatic heterocycles. The smallest absolute Gasteiger partial charge is 0.337 e. The number of halogens is 1. The molecule has 1 N–H and O–H groups in total. The molecule has 0 amide bonds. The van der Waals surface area contributed by atoms with Gasteiger partial charge < -0.3 is 5.11 Å². The highest BCUT2D eigenvalue weighted by Gasteiger charge is 2.18. The largest absolute Gasteiger partial charge is 0.478 e. The molecule has 6 heteroatoms. The summed E-state index contributed by atoms with van der Waals surface area (Å²) < 4.78 is 24.1. The zero-order chi connectivity index (χ0) is 14.6. The van der Waals surface area contributed by atoms with Gasteiger partial charge >= 0.3 is 5.97 Å². The second kappa shape index (κ2) is 6.39. The number of aromatic carboxylic acids is 1. The van der Waals surface area contributed by atoms with Crippen LogP contribution in [-0.2, 0) is 9.84 Å². The van der Waals surface area contributed by atoms with Gasteiger partial charge in [-0.15, -0.1) is 0 Å². The van der Waals surface area contributed by atoms with E-state index >= 15 is 0 Å². The lowest BCUT2D eigenvalue weighted by atomic mass is 10.1. The maximum absolute atomic E-state index is 12.1. The van der Waals surface area contributed by atoms with Crippen LogP contribution in [0.1, 0.15) is 37.0 Å². The fraction of sp³-hybridized carbons (Fsp3) is 0.462. The molecule has 0 spiro atoms. The molecule has 4 nitrogen and oxygen atoms in total. The van der Waals surface area contributed by atoms with Gasteiger partial charge in [-0.1, -0.05) is 25.4 Å². The van der Waals surface area contributed by atoms with Crippen LogP contribution in [-0.4, -0.2) is 25.2 Å². The molecule has 0 fully saturated rings. The third-order valence-electron chi connectivity index (χ3n) is 2.72. The van der Waals surface area contributed by atoms with Crippen LogP contribution in [0.15, 0.2) is 23.1 Å². The third-order valence-corrected chi connectivity index (χ3v) is 4.85. The third kappa shape index (κ3) is 4.51. The molecule has 0 heterocycles. The Hall–Kier alpha value is -1.07. The number of carbonyl (C=O) groups is 1. The van der Waals surface area contributed by atoms with Crippen LogP contribution in [0.4, 0.5) is 0 Å². The van der Waals surface area contributed by atoms with Gasteiger partial charge in [-0.05, 0) is 37.0 Å². The average Bonchev–Trinajstić information content (AvgIpc) is 2.27. The van der Waals surface area contributed by atoms with E-state index < -0.39 is 15.8 Å². The van der Waals surface area contributed by atoms with Crippen molar-refractivity contribution in [3.05, 3.63) is 28.8 Å². The van der Waals surface area contributed by atoms with E-state index in [1.165, 1.54) is 12.1 Å². The highest BCUT2D eigenvalue weighted by molar-refractivity contribution is 7.91. The molecule has 0 unspecified atom stereocenters. The predicted octanol–water partition coefficient (Wildman–Crippen LogP) is 3.25. The van der Waals surface area contributed by atoms with E-state index in [9.17, 15) is 13.2 Å². The van der Waals surface area contributed by atoms with Crippen molar-refractivity contribution in [1.82, 2.24) is 0 Å². The van der Waals surface area contributed by atoms with E-state index in [1.807, 2.05) is 13.8 Å². The van der Waals surface area contributed by atoms with Crippen molar-refractivity contribution >= 4 is 27.4 Å². The molecule has 1 aromatic carbocycles. The standard InChI is InChI=1S/C13H17ClO4S/c1-9(2)4-3-7-19(17,18)10-5-6-12(14)11(8-10)13(15)16/h5-6,8-9H,3-4,7H2,1-2H3,(H,15,16). The molecule has 0 atom stereocenters. The summed E-state index contributed by atoms with van der Waals surface area (Å²) in [7, 11) is -3.45. The van der Waals surface area contributed by atoms with Crippen molar-refractivity contribution in [1.29, 1.82) is 0 Å². The SMILES string of the molecule is CC(C)CCCS(=O)(=O)c1ccc(Cl)c(C(=O)O)c1. The first-order chi connectivity index (χ1) is 8.74. The lowest BCUT2D eigenvalue weighted by molar-refractivity contribution is 0.0697. The minimum absolute atomic E-state index is 0.0121. The van der Waals surface area contributed by atoms with Gasteiger partial charge in [0, 0.05) is 0 Å². The second-order valence-electron chi connectivity index (χ2n) is 4.80. The van der Waals surface area contributed by atoms with Crippen LogP contribution in [0.5, 0.6) is 0 Å². The minimum atomic E-state index is -3.45. The summed E-state index contributed by atoms with van der Waals surface area (Å²) in [6.07, 6.45) is 1.38. The van der Waals surface area contributed by atoms with Crippen LogP contribution in [0.25, 0.3) is 0 Å². The predicted molar refractivity (Wildman–Crippen MR) is 74.5 cm³/mol. The van der Waals surface area contributed by atoms with Crippen molar-refractivity contribution in [3.63, 3.8) is 0 Å². The van der Waals surface area contributed by atoms with Gasteiger partial charge in [0.25, 0.3) is 0 Å². The van der Waals surface area contributed by atoms with Crippen LogP contribution < -0.4 is 0 Å². The molecule has 0 radical (unpaired) electrons. The lowest BCUT2D eigenvalue weighted by Gasteiger charge is -2.08. The Labute approximate surface area is 118 Å². The van der Waals surface area contributed by atoms with E-state index in [4.69, 9.17) is 16.7 Å². The Morgan fingerprint density at radius 2 is 2.00 bits per heavy atom. The highest BCUT2D eigenvalue weighted by Crippen LogP contribution is 2.22. The maximum Gasteiger partial charge on any atom is 0.337 e. The summed E-state index contributed by atoms with van der Waals surface area (Å²) in [6.45, 7) is 4.05. The Kier molecular flexibility index (Phi) is 5.38. The lowest BCUT2D eigenvalue weighted by Crippen LogP contribution is -2.09. The Morgan fingerprint density at radius 3 is 2.53 bits per heavy atom. The van der Waals surface area contributed by atoms with Gasteiger partial charge in [0.1, 0.15) is 0 Å². The fourth-order valence-electron chi connectivity index (χ4n) is 1.66. The summed E-state index contributed by atoms with van der Waals surface area (Å²) in [5, 5.41) is 8.96. The van der Waals surface area contributed by atoms with E-state index in [1.54, 1.807) is 0 Å².